The van der Waals surface area contributed by atoms with Crippen LogP contribution in [-0.2, 0) is 0 Å². The minimum absolute atomic E-state index is 0.134. The van der Waals surface area contributed by atoms with Crippen LogP contribution in [0.25, 0.3) is 10.4 Å². The van der Waals surface area contributed by atoms with E-state index in [-0.39, 0.29) is 6.04 Å². The second-order valence-electron chi connectivity index (χ2n) is 1.75. The van der Waals surface area contributed by atoms with Gasteiger partial charge >= 0.3 is 0 Å². The second kappa shape index (κ2) is 3.20. The van der Waals surface area contributed by atoms with Crippen LogP contribution in [-0.4, -0.2) is 4.98 Å². The predicted molar refractivity (Wildman–Crippen MR) is 39.7 cm³/mol. The molecule has 1 aromatic rings. The average Bonchev–Trinajstić information content (AvgIpc) is 2.38. The molecule has 0 aliphatic carbocycles. The van der Waals surface area contributed by atoms with Crippen LogP contribution >= 0.6 is 11.3 Å². The van der Waals surface area contributed by atoms with Gasteiger partial charge in [0.1, 0.15) is 5.01 Å². The lowest BCUT2D eigenvalue weighted by atomic mass is 10.4. The van der Waals surface area contributed by atoms with E-state index in [1.807, 2.05) is 12.3 Å². The zero-order chi connectivity index (χ0) is 7.40. The maximum absolute atomic E-state index is 8.07. The molecule has 1 aromatic heterocycles. The van der Waals surface area contributed by atoms with Crippen molar-refractivity contribution in [1.82, 2.24) is 4.98 Å². The molecule has 52 valence electrons. The molecule has 0 saturated heterocycles. The average molecular weight is 154 g/mol. The maximum Gasteiger partial charge on any atom is 0.101 e. The third-order valence-electron chi connectivity index (χ3n) is 1.03. The van der Waals surface area contributed by atoms with Crippen molar-refractivity contribution < 1.29 is 0 Å². The molecule has 0 N–H and O–H groups in total. The summed E-state index contributed by atoms with van der Waals surface area (Å²) in [5, 5.41) is 6.21. The van der Waals surface area contributed by atoms with Gasteiger partial charge in [0.2, 0.25) is 0 Å². The number of hydrogen-bond acceptors (Lipinski definition) is 3. The monoisotopic (exact) mass is 154 g/mol. The first-order valence-electron chi connectivity index (χ1n) is 2.78. The molecule has 0 spiro atoms. The molecule has 10 heavy (non-hydrogen) atoms. The summed E-state index contributed by atoms with van der Waals surface area (Å²) in [5.74, 6) is 0. The fraction of sp³-hybridized carbons (Fsp3) is 0.400. The van der Waals surface area contributed by atoms with Gasteiger partial charge in [0, 0.05) is 16.5 Å². The summed E-state index contributed by atoms with van der Waals surface area (Å²) in [6, 6.07) is -0.134. The highest BCUT2D eigenvalue weighted by Crippen LogP contribution is 2.18. The standard InChI is InChI=1S/C5H6N4S/c1-4(8-9-6)5-7-2-3-10-5/h2-4H,1H3/t4-/m0/s1. The molecule has 0 fully saturated rings. The minimum Gasteiger partial charge on any atom is -0.249 e. The lowest BCUT2D eigenvalue weighted by Gasteiger charge is -1.94. The molecule has 0 radical (unpaired) electrons. The Bertz CT molecular complexity index is 236. The molecule has 0 aliphatic rings. The van der Waals surface area contributed by atoms with Gasteiger partial charge in [0.25, 0.3) is 0 Å². The number of nitrogens with zero attached hydrogens (tertiary/aromatic N) is 4. The van der Waals surface area contributed by atoms with Crippen molar-refractivity contribution in [3.8, 4) is 0 Å². The third kappa shape index (κ3) is 1.46. The van der Waals surface area contributed by atoms with Gasteiger partial charge < -0.3 is 0 Å². The summed E-state index contributed by atoms with van der Waals surface area (Å²) in [7, 11) is 0. The molecular formula is C5H6N4S. The molecule has 0 aromatic carbocycles. The summed E-state index contributed by atoms with van der Waals surface area (Å²) in [6.45, 7) is 1.82. The van der Waals surface area contributed by atoms with Crippen molar-refractivity contribution in [3.63, 3.8) is 0 Å². The number of aromatic nitrogens is 1. The number of azide groups is 1. The van der Waals surface area contributed by atoms with Gasteiger partial charge in [-0.25, -0.2) is 4.98 Å². The highest BCUT2D eigenvalue weighted by molar-refractivity contribution is 7.09. The van der Waals surface area contributed by atoms with E-state index in [9.17, 15) is 0 Å². The Morgan fingerprint density at radius 1 is 1.90 bits per heavy atom. The van der Waals surface area contributed by atoms with Crippen LogP contribution in [0.1, 0.15) is 18.0 Å². The molecule has 1 heterocycles. The van der Waals surface area contributed by atoms with Crippen molar-refractivity contribution in [1.29, 1.82) is 0 Å². The third-order valence-corrected chi connectivity index (χ3v) is 1.98. The van der Waals surface area contributed by atoms with Gasteiger partial charge in [-0.1, -0.05) is 12.0 Å². The molecule has 0 saturated carbocycles. The Morgan fingerprint density at radius 2 is 2.70 bits per heavy atom. The largest absolute Gasteiger partial charge is 0.249 e. The summed E-state index contributed by atoms with van der Waals surface area (Å²) < 4.78 is 0. The first-order chi connectivity index (χ1) is 4.84. The van der Waals surface area contributed by atoms with Gasteiger partial charge in [-0.3, -0.25) is 0 Å². The van der Waals surface area contributed by atoms with E-state index in [1.165, 1.54) is 11.3 Å². The quantitative estimate of drug-likeness (QED) is 0.366. The molecular weight excluding hydrogens is 148 g/mol. The summed E-state index contributed by atoms with van der Waals surface area (Å²) in [4.78, 5) is 6.67. The number of hydrogen-bond donors (Lipinski definition) is 0. The van der Waals surface area contributed by atoms with Crippen molar-refractivity contribution in [2.45, 2.75) is 13.0 Å². The van der Waals surface area contributed by atoms with Crippen molar-refractivity contribution in [3.05, 3.63) is 27.0 Å². The maximum atomic E-state index is 8.07. The Morgan fingerprint density at radius 3 is 3.20 bits per heavy atom. The van der Waals surface area contributed by atoms with Gasteiger partial charge in [-0.15, -0.1) is 11.3 Å². The van der Waals surface area contributed by atoms with Crippen LogP contribution in [0.2, 0.25) is 0 Å². The van der Waals surface area contributed by atoms with E-state index in [4.69, 9.17) is 5.53 Å². The second-order valence-corrected chi connectivity index (χ2v) is 2.68. The van der Waals surface area contributed by atoms with Crippen LogP contribution in [0.3, 0.4) is 0 Å². The molecule has 0 bridgehead atoms. The Hall–Kier alpha value is -1.06. The van der Waals surface area contributed by atoms with Gasteiger partial charge in [0.15, 0.2) is 0 Å². The minimum atomic E-state index is -0.134. The number of thiazole rings is 1. The Balaban J connectivity index is 2.76. The zero-order valence-corrected chi connectivity index (χ0v) is 6.25. The normalized spacial score (nSPS) is 12.1. The van der Waals surface area contributed by atoms with Crippen LogP contribution < -0.4 is 0 Å². The number of rotatable bonds is 2. The first kappa shape index (κ1) is 7.05. The van der Waals surface area contributed by atoms with Crippen molar-refractivity contribution >= 4 is 11.3 Å². The molecule has 1 rings (SSSR count). The smallest absolute Gasteiger partial charge is 0.101 e. The van der Waals surface area contributed by atoms with Gasteiger partial charge in [-0.05, 0) is 5.53 Å². The molecule has 4 nitrogen and oxygen atoms in total. The van der Waals surface area contributed by atoms with Crippen LogP contribution in [0.15, 0.2) is 16.7 Å². The fourth-order valence-electron chi connectivity index (χ4n) is 0.568. The fourth-order valence-corrected chi connectivity index (χ4v) is 1.19. The Labute approximate surface area is 62.2 Å². The van der Waals surface area contributed by atoms with E-state index in [2.05, 4.69) is 15.0 Å². The summed E-state index contributed by atoms with van der Waals surface area (Å²) in [5.41, 5.74) is 8.07. The summed E-state index contributed by atoms with van der Waals surface area (Å²) in [6.07, 6.45) is 1.70. The van der Waals surface area contributed by atoms with Crippen molar-refractivity contribution in [2.24, 2.45) is 5.11 Å². The molecule has 1 atom stereocenters. The van der Waals surface area contributed by atoms with Crippen LogP contribution in [0, 0.1) is 0 Å². The van der Waals surface area contributed by atoms with E-state index in [0.29, 0.717) is 0 Å². The lowest BCUT2D eigenvalue weighted by molar-refractivity contribution is 0.797. The highest BCUT2D eigenvalue weighted by atomic mass is 32.1. The van der Waals surface area contributed by atoms with Gasteiger partial charge in [0.05, 0.1) is 6.04 Å². The Kier molecular flexibility index (Phi) is 2.25. The SMILES string of the molecule is C[C@H](N=[N+]=[N-])c1nccs1. The van der Waals surface area contributed by atoms with Gasteiger partial charge in [-0.2, -0.15) is 0 Å². The van der Waals surface area contributed by atoms with E-state index in [1.54, 1.807) is 6.20 Å². The molecule has 0 unspecified atom stereocenters. The highest BCUT2D eigenvalue weighted by Gasteiger charge is 2.03. The van der Waals surface area contributed by atoms with E-state index in [0.717, 1.165) is 5.01 Å². The first-order valence-corrected chi connectivity index (χ1v) is 3.66. The molecule has 0 aliphatic heterocycles. The summed E-state index contributed by atoms with van der Waals surface area (Å²) >= 11 is 1.49. The van der Waals surface area contributed by atoms with E-state index < -0.39 is 0 Å². The predicted octanol–water partition coefficient (Wildman–Crippen LogP) is 2.51. The molecule has 5 heteroatoms. The molecule has 0 amide bonds. The van der Waals surface area contributed by atoms with Crippen LogP contribution in [0.5, 0.6) is 0 Å². The topological polar surface area (TPSA) is 61.7 Å². The lowest BCUT2D eigenvalue weighted by Crippen LogP contribution is -1.84. The van der Waals surface area contributed by atoms with Crippen molar-refractivity contribution in [2.75, 3.05) is 0 Å². The van der Waals surface area contributed by atoms with Crippen LogP contribution in [0.4, 0.5) is 0 Å². The zero-order valence-electron chi connectivity index (χ0n) is 5.43. The van der Waals surface area contributed by atoms with E-state index >= 15 is 0 Å².